The summed E-state index contributed by atoms with van der Waals surface area (Å²) in [5, 5.41) is 0. The maximum absolute atomic E-state index is 12.3. The molecule has 0 bridgehead atoms. The molecule has 0 saturated carbocycles. The van der Waals surface area contributed by atoms with Crippen molar-refractivity contribution in [3.63, 3.8) is 0 Å². The van der Waals surface area contributed by atoms with E-state index in [0.29, 0.717) is 18.6 Å². The summed E-state index contributed by atoms with van der Waals surface area (Å²) in [6.07, 6.45) is 0. The topological polar surface area (TPSA) is 23.6 Å². The highest BCUT2D eigenvalue weighted by atomic mass is 16.2. The molecule has 0 aliphatic rings. The van der Waals surface area contributed by atoms with Crippen LogP contribution in [0.15, 0.2) is 0 Å². The number of hydrogen-bond acceptors (Lipinski definition) is 2. The lowest BCUT2D eigenvalue weighted by atomic mass is 10.2. The molecule has 0 aromatic rings. The van der Waals surface area contributed by atoms with Crippen LogP contribution in [0.3, 0.4) is 0 Å². The Morgan fingerprint density at radius 3 is 1.35 bits per heavy atom. The molecule has 0 aliphatic carbocycles. The van der Waals surface area contributed by atoms with Gasteiger partial charge in [-0.1, -0.05) is 0 Å². The van der Waals surface area contributed by atoms with Crippen LogP contribution in [0.4, 0.5) is 0 Å². The fraction of sp³-hybridized carbons (Fsp3) is 0.929. The Morgan fingerprint density at radius 2 is 1.12 bits per heavy atom. The molecule has 102 valence electrons. The molecule has 0 heterocycles. The van der Waals surface area contributed by atoms with Crippen LogP contribution < -0.4 is 0 Å². The van der Waals surface area contributed by atoms with Gasteiger partial charge < -0.3 is 4.90 Å². The number of rotatable bonds is 6. The van der Waals surface area contributed by atoms with E-state index in [-0.39, 0.29) is 18.0 Å². The first-order valence-electron chi connectivity index (χ1n) is 6.75. The van der Waals surface area contributed by atoms with Crippen LogP contribution >= 0.6 is 0 Å². The third-order valence-corrected chi connectivity index (χ3v) is 3.05. The highest BCUT2D eigenvalue weighted by molar-refractivity contribution is 5.78. The molecule has 0 N–H and O–H groups in total. The van der Waals surface area contributed by atoms with Crippen LogP contribution in [-0.4, -0.2) is 46.4 Å². The highest BCUT2D eigenvalue weighted by Crippen LogP contribution is 2.10. The van der Waals surface area contributed by atoms with Crippen LogP contribution in [0.2, 0.25) is 0 Å². The second-order valence-electron chi connectivity index (χ2n) is 5.85. The Balaban J connectivity index is 4.69. The number of amides is 1. The lowest BCUT2D eigenvalue weighted by Crippen LogP contribution is -2.50. The smallest absolute Gasteiger partial charge is 0.237 e. The fourth-order valence-corrected chi connectivity index (χ4v) is 2.37. The third-order valence-electron chi connectivity index (χ3n) is 3.05. The first kappa shape index (κ1) is 16.4. The maximum Gasteiger partial charge on any atom is 0.237 e. The van der Waals surface area contributed by atoms with Gasteiger partial charge in [-0.3, -0.25) is 9.69 Å². The Hall–Kier alpha value is -0.570. The van der Waals surface area contributed by atoms with E-state index in [1.54, 1.807) is 0 Å². The Morgan fingerprint density at radius 1 is 0.765 bits per heavy atom. The summed E-state index contributed by atoms with van der Waals surface area (Å²) in [4.78, 5) is 16.5. The van der Waals surface area contributed by atoms with Crippen LogP contribution in [0.25, 0.3) is 0 Å². The average molecular weight is 242 g/mol. The largest absolute Gasteiger partial charge is 0.337 e. The summed E-state index contributed by atoms with van der Waals surface area (Å²) in [6, 6.07) is 1.34. The first-order valence-corrected chi connectivity index (χ1v) is 6.75. The Kier molecular flexibility index (Phi) is 6.76. The van der Waals surface area contributed by atoms with E-state index in [0.717, 1.165) is 0 Å². The van der Waals surface area contributed by atoms with Crippen molar-refractivity contribution >= 4 is 5.91 Å². The van der Waals surface area contributed by atoms with Gasteiger partial charge in [0.15, 0.2) is 0 Å². The van der Waals surface area contributed by atoms with Gasteiger partial charge in [0.1, 0.15) is 0 Å². The van der Waals surface area contributed by atoms with Crippen molar-refractivity contribution in [1.82, 2.24) is 9.80 Å². The van der Waals surface area contributed by atoms with Crippen molar-refractivity contribution in [2.24, 2.45) is 0 Å². The zero-order valence-electron chi connectivity index (χ0n) is 12.8. The van der Waals surface area contributed by atoms with Crippen LogP contribution in [0, 0.1) is 0 Å². The molecule has 0 aromatic heterocycles. The summed E-state index contributed by atoms with van der Waals surface area (Å²) in [5.74, 6) is 0.234. The van der Waals surface area contributed by atoms with Gasteiger partial charge in [0.2, 0.25) is 5.91 Å². The first-order chi connectivity index (χ1) is 7.68. The van der Waals surface area contributed by atoms with Crippen molar-refractivity contribution < 1.29 is 4.79 Å². The van der Waals surface area contributed by atoms with Gasteiger partial charge in [0.25, 0.3) is 0 Å². The van der Waals surface area contributed by atoms with Gasteiger partial charge in [-0.25, -0.2) is 0 Å². The highest BCUT2D eigenvalue weighted by Gasteiger charge is 2.24. The number of hydrogen-bond donors (Lipinski definition) is 0. The van der Waals surface area contributed by atoms with E-state index in [1.165, 1.54) is 0 Å². The molecule has 3 nitrogen and oxygen atoms in total. The second-order valence-corrected chi connectivity index (χ2v) is 5.85. The van der Waals surface area contributed by atoms with Crippen LogP contribution in [0.1, 0.15) is 55.4 Å². The predicted octanol–water partition coefficient (Wildman–Crippen LogP) is 2.75. The maximum atomic E-state index is 12.3. The number of carbonyl (C=O) groups excluding carboxylic acids is 1. The van der Waals surface area contributed by atoms with Gasteiger partial charge in [-0.2, -0.15) is 0 Å². The second kappa shape index (κ2) is 7.00. The molecule has 0 atom stereocenters. The summed E-state index contributed by atoms with van der Waals surface area (Å²) in [5.41, 5.74) is 0. The van der Waals surface area contributed by atoms with Crippen molar-refractivity contribution in [2.75, 3.05) is 6.54 Å². The zero-order valence-corrected chi connectivity index (χ0v) is 12.8. The molecule has 0 fully saturated rings. The summed E-state index contributed by atoms with van der Waals surface area (Å²) in [7, 11) is 0. The Bertz CT molecular complexity index is 218. The standard InChI is InChI=1S/C14H30N2O/c1-10(2)15(11(3)4)9-14(17)16(12(5)6)13(7)8/h10-13H,9H2,1-8H3. The van der Waals surface area contributed by atoms with Crippen molar-refractivity contribution in [2.45, 2.75) is 79.6 Å². The van der Waals surface area contributed by atoms with Crippen LogP contribution in [0.5, 0.6) is 0 Å². The molecule has 1 amide bonds. The molecule has 0 unspecified atom stereocenters. The third kappa shape index (κ3) is 5.07. The summed E-state index contributed by atoms with van der Waals surface area (Å²) in [6.45, 7) is 17.4. The van der Waals surface area contributed by atoms with Crippen molar-refractivity contribution in [3.05, 3.63) is 0 Å². The van der Waals surface area contributed by atoms with E-state index >= 15 is 0 Å². The van der Waals surface area contributed by atoms with Gasteiger partial charge in [-0.15, -0.1) is 0 Å². The van der Waals surface area contributed by atoms with Gasteiger partial charge >= 0.3 is 0 Å². The molecule has 0 rings (SSSR count). The minimum absolute atomic E-state index is 0.234. The molecule has 3 heteroatoms. The SMILES string of the molecule is CC(C)N(CC(=O)N(C(C)C)C(C)C)C(C)C. The lowest BCUT2D eigenvalue weighted by Gasteiger charge is -2.36. The van der Waals surface area contributed by atoms with E-state index in [1.807, 2.05) is 4.90 Å². The normalized spacial score (nSPS) is 12.3. The fourth-order valence-electron chi connectivity index (χ4n) is 2.37. The minimum atomic E-state index is 0.234. The molecular weight excluding hydrogens is 212 g/mol. The molecule has 0 radical (unpaired) electrons. The van der Waals surface area contributed by atoms with Gasteiger partial charge in [0.05, 0.1) is 6.54 Å². The average Bonchev–Trinajstić information content (AvgIpc) is 2.11. The van der Waals surface area contributed by atoms with E-state index in [4.69, 9.17) is 0 Å². The Labute approximate surface area is 107 Å². The monoisotopic (exact) mass is 242 g/mol. The quantitative estimate of drug-likeness (QED) is 0.715. The molecular formula is C14H30N2O. The summed E-state index contributed by atoms with van der Waals surface area (Å²) < 4.78 is 0. The van der Waals surface area contributed by atoms with E-state index < -0.39 is 0 Å². The van der Waals surface area contributed by atoms with Gasteiger partial charge in [-0.05, 0) is 55.4 Å². The molecule has 0 saturated heterocycles. The predicted molar refractivity (Wildman–Crippen MR) is 74.1 cm³/mol. The van der Waals surface area contributed by atoms with Gasteiger partial charge in [0, 0.05) is 24.2 Å². The minimum Gasteiger partial charge on any atom is -0.337 e. The van der Waals surface area contributed by atoms with Crippen LogP contribution in [-0.2, 0) is 4.79 Å². The van der Waals surface area contributed by atoms with E-state index in [9.17, 15) is 4.79 Å². The zero-order chi connectivity index (χ0) is 13.7. The molecule has 17 heavy (non-hydrogen) atoms. The summed E-state index contributed by atoms with van der Waals surface area (Å²) >= 11 is 0. The van der Waals surface area contributed by atoms with Crippen molar-refractivity contribution in [1.29, 1.82) is 0 Å². The molecule has 0 aromatic carbocycles. The molecule has 0 spiro atoms. The number of nitrogens with zero attached hydrogens (tertiary/aromatic N) is 2. The van der Waals surface area contributed by atoms with Crippen molar-refractivity contribution in [3.8, 4) is 0 Å². The lowest BCUT2D eigenvalue weighted by molar-refractivity contribution is -0.137. The van der Waals surface area contributed by atoms with E-state index in [2.05, 4.69) is 60.3 Å². The number of carbonyl (C=O) groups is 1. The molecule has 0 aliphatic heterocycles.